The maximum Gasteiger partial charge on any atom is 0.150 e. The van der Waals surface area contributed by atoms with Crippen LogP contribution in [-0.4, -0.2) is 22.5 Å². The highest BCUT2D eigenvalue weighted by Crippen LogP contribution is 2.15. The van der Waals surface area contributed by atoms with Gasteiger partial charge in [0.25, 0.3) is 0 Å². The largest absolute Gasteiger partial charge is 0.364 e. The van der Waals surface area contributed by atoms with Crippen LogP contribution in [0.5, 0.6) is 0 Å². The van der Waals surface area contributed by atoms with E-state index in [2.05, 4.69) is 4.98 Å². The zero-order chi connectivity index (χ0) is 9.68. The number of methoxy groups -OCH3 is 1. The van der Waals surface area contributed by atoms with Gasteiger partial charge >= 0.3 is 0 Å². The smallest absolute Gasteiger partial charge is 0.150 e. The molecular formula is C8H12Cl2N2O. The van der Waals surface area contributed by atoms with E-state index in [1.165, 1.54) is 0 Å². The van der Waals surface area contributed by atoms with E-state index in [9.17, 15) is 0 Å². The third-order valence-electron chi connectivity index (χ3n) is 1.71. The minimum atomic E-state index is 0.483. The summed E-state index contributed by atoms with van der Waals surface area (Å²) in [6.45, 7) is 0.483. The Bertz CT molecular complexity index is 263. The Labute approximate surface area is 87.6 Å². The molecule has 0 aliphatic carbocycles. The fraction of sp³-hybridized carbons (Fsp3) is 0.625. The van der Waals surface area contributed by atoms with Gasteiger partial charge in [0.1, 0.15) is 11.9 Å². The summed E-state index contributed by atoms with van der Waals surface area (Å²) >= 11 is 11.5. The van der Waals surface area contributed by atoms with Crippen molar-refractivity contribution in [2.24, 2.45) is 0 Å². The van der Waals surface area contributed by atoms with E-state index in [-0.39, 0.29) is 0 Å². The molecule has 0 spiro atoms. The Morgan fingerprint density at radius 1 is 1.62 bits per heavy atom. The Kier molecular flexibility index (Phi) is 4.56. The highest BCUT2D eigenvalue weighted by atomic mass is 35.5. The van der Waals surface area contributed by atoms with Crippen LogP contribution in [0.15, 0.2) is 6.33 Å². The van der Waals surface area contributed by atoms with Gasteiger partial charge in [0, 0.05) is 13.0 Å². The van der Waals surface area contributed by atoms with Crippen molar-refractivity contribution >= 4 is 23.2 Å². The summed E-state index contributed by atoms with van der Waals surface area (Å²) < 4.78 is 6.88. The van der Waals surface area contributed by atoms with Crippen molar-refractivity contribution in [3.8, 4) is 0 Å². The van der Waals surface area contributed by atoms with Crippen LogP contribution >= 0.6 is 23.2 Å². The van der Waals surface area contributed by atoms with Gasteiger partial charge in [-0.15, -0.1) is 11.6 Å². The molecule has 1 rings (SSSR count). The lowest BCUT2D eigenvalue weighted by Gasteiger charge is -2.05. The molecule has 0 unspecified atom stereocenters. The Hall–Kier alpha value is -0.250. The molecule has 0 bridgehead atoms. The van der Waals surface area contributed by atoms with Crippen LogP contribution in [0, 0.1) is 0 Å². The van der Waals surface area contributed by atoms with E-state index >= 15 is 0 Å². The number of nitrogens with zero attached hydrogens (tertiary/aromatic N) is 2. The first-order chi connectivity index (χ1) is 6.29. The number of ether oxygens (including phenoxy) is 1. The van der Waals surface area contributed by atoms with Gasteiger partial charge in [-0.05, 0) is 12.8 Å². The zero-order valence-electron chi connectivity index (χ0n) is 7.46. The summed E-state index contributed by atoms with van der Waals surface area (Å²) in [7, 11) is 1.64. The summed E-state index contributed by atoms with van der Waals surface area (Å²) in [6, 6.07) is 0. The van der Waals surface area contributed by atoms with Crippen molar-refractivity contribution in [3.05, 3.63) is 17.2 Å². The number of rotatable bonds is 5. The molecular weight excluding hydrogens is 211 g/mol. The molecule has 0 radical (unpaired) electrons. The normalized spacial score (nSPS) is 10.7. The quantitative estimate of drug-likeness (QED) is 0.716. The van der Waals surface area contributed by atoms with E-state index in [0.717, 1.165) is 18.5 Å². The molecule has 0 amide bonds. The third-order valence-corrected chi connectivity index (χ3v) is 2.29. The van der Waals surface area contributed by atoms with Crippen LogP contribution in [0.4, 0.5) is 0 Å². The predicted octanol–water partition coefficient (Wildman–Crippen LogP) is 2.31. The van der Waals surface area contributed by atoms with Crippen molar-refractivity contribution in [2.45, 2.75) is 19.6 Å². The average molecular weight is 223 g/mol. The molecule has 0 saturated carbocycles. The van der Waals surface area contributed by atoms with Crippen LogP contribution in [0.3, 0.4) is 0 Å². The molecule has 13 heavy (non-hydrogen) atoms. The second-order valence-corrected chi connectivity index (χ2v) is 3.40. The molecule has 0 aromatic carbocycles. The van der Waals surface area contributed by atoms with Gasteiger partial charge < -0.3 is 9.30 Å². The van der Waals surface area contributed by atoms with Gasteiger partial charge in [-0.3, -0.25) is 0 Å². The van der Waals surface area contributed by atoms with Crippen molar-refractivity contribution in [3.63, 3.8) is 0 Å². The maximum atomic E-state index is 5.89. The summed E-state index contributed by atoms with van der Waals surface area (Å²) in [5, 5.41) is 0.544. The van der Waals surface area contributed by atoms with Crippen molar-refractivity contribution in [2.75, 3.05) is 13.0 Å². The number of halogens is 2. The molecule has 0 atom stereocenters. The molecule has 0 aliphatic heterocycles. The number of hydrogen-bond acceptors (Lipinski definition) is 2. The maximum absolute atomic E-state index is 5.89. The first-order valence-electron chi connectivity index (χ1n) is 4.04. The standard InChI is InChI=1S/C8H12Cl2N2O/c1-13-6-12-5-11-8(10)7(12)3-2-4-9/h5H,2-4,6H2,1H3. The summed E-state index contributed by atoms with van der Waals surface area (Å²) in [4.78, 5) is 3.99. The molecule has 3 nitrogen and oxygen atoms in total. The number of hydrogen-bond donors (Lipinski definition) is 0. The average Bonchev–Trinajstić information content (AvgIpc) is 2.45. The molecule has 0 aliphatic rings. The third kappa shape index (κ3) is 2.86. The Morgan fingerprint density at radius 3 is 3.00 bits per heavy atom. The van der Waals surface area contributed by atoms with E-state index in [1.54, 1.807) is 13.4 Å². The molecule has 1 aromatic heterocycles. The van der Waals surface area contributed by atoms with Crippen LogP contribution in [0.25, 0.3) is 0 Å². The first kappa shape index (κ1) is 10.8. The van der Waals surface area contributed by atoms with Crippen LogP contribution < -0.4 is 0 Å². The Balaban J connectivity index is 2.69. The lowest BCUT2D eigenvalue weighted by Crippen LogP contribution is -2.03. The van der Waals surface area contributed by atoms with Crippen LogP contribution in [0.2, 0.25) is 5.15 Å². The number of aromatic nitrogens is 2. The lowest BCUT2D eigenvalue weighted by molar-refractivity contribution is 0.129. The van der Waals surface area contributed by atoms with Crippen LogP contribution in [0.1, 0.15) is 12.1 Å². The molecule has 0 N–H and O–H groups in total. The van der Waals surface area contributed by atoms with E-state index in [4.69, 9.17) is 27.9 Å². The fourth-order valence-electron chi connectivity index (χ4n) is 1.11. The molecule has 5 heteroatoms. The molecule has 1 aromatic rings. The van der Waals surface area contributed by atoms with E-state index in [1.807, 2.05) is 4.57 Å². The second kappa shape index (κ2) is 5.47. The SMILES string of the molecule is COCn1cnc(Cl)c1CCCCl. The van der Waals surface area contributed by atoms with Gasteiger partial charge in [-0.25, -0.2) is 4.98 Å². The van der Waals surface area contributed by atoms with Crippen molar-refractivity contribution in [1.29, 1.82) is 0 Å². The number of imidazole rings is 1. The number of alkyl halides is 1. The zero-order valence-corrected chi connectivity index (χ0v) is 8.98. The van der Waals surface area contributed by atoms with Crippen LogP contribution in [-0.2, 0) is 17.9 Å². The van der Waals surface area contributed by atoms with Crippen molar-refractivity contribution in [1.82, 2.24) is 9.55 Å². The summed E-state index contributed by atoms with van der Waals surface area (Å²) in [5.74, 6) is 0.633. The molecule has 0 saturated heterocycles. The monoisotopic (exact) mass is 222 g/mol. The van der Waals surface area contributed by atoms with Gasteiger partial charge in [0.15, 0.2) is 0 Å². The Morgan fingerprint density at radius 2 is 2.38 bits per heavy atom. The summed E-state index contributed by atoms with van der Waals surface area (Å²) in [5.41, 5.74) is 0.990. The highest BCUT2D eigenvalue weighted by Gasteiger charge is 2.07. The van der Waals surface area contributed by atoms with Gasteiger partial charge in [0.2, 0.25) is 0 Å². The lowest BCUT2D eigenvalue weighted by atomic mass is 10.3. The predicted molar refractivity (Wildman–Crippen MR) is 53.3 cm³/mol. The fourth-order valence-corrected chi connectivity index (χ4v) is 1.49. The first-order valence-corrected chi connectivity index (χ1v) is 4.95. The molecule has 0 fully saturated rings. The van der Waals surface area contributed by atoms with Gasteiger partial charge in [0.05, 0.1) is 12.0 Å². The van der Waals surface area contributed by atoms with Gasteiger partial charge in [-0.2, -0.15) is 0 Å². The topological polar surface area (TPSA) is 27.1 Å². The van der Waals surface area contributed by atoms with E-state index in [0.29, 0.717) is 17.8 Å². The van der Waals surface area contributed by atoms with Crippen molar-refractivity contribution < 1.29 is 4.74 Å². The second-order valence-electron chi connectivity index (χ2n) is 2.66. The minimum absolute atomic E-state index is 0.483. The minimum Gasteiger partial charge on any atom is -0.364 e. The van der Waals surface area contributed by atoms with Gasteiger partial charge in [-0.1, -0.05) is 11.6 Å². The molecule has 74 valence electrons. The van der Waals surface area contributed by atoms with E-state index < -0.39 is 0 Å². The molecule has 1 heterocycles. The highest BCUT2D eigenvalue weighted by molar-refractivity contribution is 6.30. The summed E-state index contributed by atoms with van der Waals surface area (Å²) in [6.07, 6.45) is 3.41.